The summed E-state index contributed by atoms with van der Waals surface area (Å²) < 4.78 is 1.45. The van der Waals surface area contributed by atoms with E-state index >= 15 is 0 Å². The quantitative estimate of drug-likeness (QED) is 0.804. The van der Waals surface area contributed by atoms with Gasteiger partial charge in [0.1, 0.15) is 10.4 Å². The van der Waals surface area contributed by atoms with Gasteiger partial charge in [-0.05, 0) is 31.2 Å². The van der Waals surface area contributed by atoms with Crippen molar-refractivity contribution >= 4 is 33.4 Å². The summed E-state index contributed by atoms with van der Waals surface area (Å²) in [6.07, 6.45) is 5.87. The highest BCUT2D eigenvalue weighted by molar-refractivity contribution is 7.16. The number of hydrogen-bond acceptors (Lipinski definition) is 5. The van der Waals surface area contributed by atoms with Crippen LogP contribution in [-0.2, 0) is 16.1 Å². The summed E-state index contributed by atoms with van der Waals surface area (Å²) in [4.78, 5) is 42.3. The van der Waals surface area contributed by atoms with Crippen molar-refractivity contribution in [2.24, 2.45) is 0 Å². The van der Waals surface area contributed by atoms with Gasteiger partial charge in [-0.15, -0.1) is 11.3 Å². The average molecular weight is 376 g/mol. The van der Waals surface area contributed by atoms with Gasteiger partial charge in [-0.25, -0.2) is 4.98 Å². The third-order valence-corrected chi connectivity index (χ3v) is 5.71. The van der Waals surface area contributed by atoms with Crippen molar-refractivity contribution in [2.75, 3.05) is 6.54 Å². The Kier molecular flexibility index (Phi) is 5.70. The molecule has 0 unspecified atom stereocenters. The predicted molar refractivity (Wildman–Crippen MR) is 101 cm³/mol. The number of nitrogens with one attached hydrogen (secondary N) is 2. The normalized spacial score (nSPS) is 16.3. The maximum atomic E-state index is 12.5. The fourth-order valence-corrected chi connectivity index (χ4v) is 4.22. The second-order valence-electron chi connectivity index (χ2n) is 6.68. The summed E-state index contributed by atoms with van der Waals surface area (Å²) in [6.45, 7) is 2.66. The zero-order chi connectivity index (χ0) is 18.6. The Labute approximate surface area is 155 Å². The van der Waals surface area contributed by atoms with Crippen LogP contribution in [0.1, 0.15) is 45.4 Å². The van der Waals surface area contributed by atoms with E-state index in [1.54, 1.807) is 6.07 Å². The Morgan fingerprint density at radius 3 is 2.81 bits per heavy atom. The van der Waals surface area contributed by atoms with E-state index in [9.17, 15) is 14.4 Å². The first-order valence-electron chi connectivity index (χ1n) is 9.08. The molecule has 2 amide bonds. The van der Waals surface area contributed by atoms with Gasteiger partial charge >= 0.3 is 0 Å². The van der Waals surface area contributed by atoms with Crippen LogP contribution in [0.3, 0.4) is 0 Å². The minimum absolute atomic E-state index is 0.105. The van der Waals surface area contributed by atoms with Crippen molar-refractivity contribution in [1.29, 1.82) is 0 Å². The smallest absolute Gasteiger partial charge is 0.262 e. The minimum Gasteiger partial charge on any atom is -0.354 e. The lowest BCUT2D eigenvalue weighted by Gasteiger charge is -2.36. The number of rotatable bonds is 6. The van der Waals surface area contributed by atoms with Crippen molar-refractivity contribution in [1.82, 2.24) is 20.2 Å². The molecular weight excluding hydrogens is 352 g/mol. The van der Waals surface area contributed by atoms with E-state index in [0.717, 1.165) is 19.3 Å². The molecule has 0 radical (unpaired) electrons. The van der Waals surface area contributed by atoms with Crippen LogP contribution in [0.25, 0.3) is 10.2 Å². The van der Waals surface area contributed by atoms with Gasteiger partial charge in [0.15, 0.2) is 0 Å². The molecule has 1 fully saturated rings. The average Bonchev–Trinajstić information content (AvgIpc) is 3.12. The number of thiophene rings is 1. The molecule has 8 heteroatoms. The number of fused-ring (bicyclic) bond motifs is 1. The highest BCUT2D eigenvalue weighted by Gasteiger charge is 2.40. The van der Waals surface area contributed by atoms with Crippen molar-refractivity contribution in [3.8, 4) is 0 Å². The van der Waals surface area contributed by atoms with E-state index in [4.69, 9.17) is 0 Å². The molecule has 0 atom stereocenters. The highest BCUT2D eigenvalue weighted by atomic mass is 32.1. The minimum atomic E-state index is -0.814. The van der Waals surface area contributed by atoms with Crippen molar-refractivity contribution in [3.05, 3.63) is 28.1 Å². The maximum Gasteiger partial charge on any atom is 0.262 e. The van der Waals surface area contributed by atoms with Crippen LogP contribution >= 0.6 is 11.3 Å². The van der Waals surface area contributed by atoms with Crippen molar-refractivity contribution < 1.29 is 9.59 Å². The molecule has 2 heterocycles. The Hall–Kier alpha value is -2.22. The third kappa shape index (κ3) is 3.80. The topological polar surface area (TPSA) is 93.1 Å². The second-order valence-corrected chi connectivity index (χ2v) is 7.58. The first-order valence-corrected chi connectivity index (χ1v) is 9.96. The molecule has 3 rings (SSSR count). The van der Waals surface area contributed by atoms with Gasteiger partial charge in [0.25, 0.3) is 5.56 Å². The molecule has 26 heavy (non-hydrogen) atoms. The van der Waals surface area contributed by atoms with Crippen LogP contribution in [0.2, 0.25) is 0 Å². The Morgan fingerprint density at radius 1 is 1.31 bits per heavy atom. The molecule has 0 saturated heterocycles. The molecule has 7 nitrogen and oxygen atoms in total. The number of aryl methyl sites for hydroxylation is 1. The Balaban J connectivity index is 1.67. The number of carbonyl (C=O) groups is 2. The SMILES string of the molecule is CCNC(=O)C1(NC(=O)CCn2cnc3sccc3c2=O)CCCCC1. The fraction of sp³-hybridized carbons (Fsp3) is 0.556. The zero-order valence-corrected chi connectivity index (χ0v) is 15.7. The molecule has 140 valence electrons. The molecule has 2 N–H and O–H groups in total. The van der Waals surface area contributed by atoms with Gasteiger partial charge in [0, 0.05) is 19.5 Å². The van der Waals surface area contributed by atoms with Crippen LogP contribution in [-0.4, -0.2) is 33.4 Å². The standard InChI is InChI=1S/C18H24N4O3S/c1-2-19-17(25)18(8-4-3-5-9-18)21-14(23)6-10-22-12-20-15-13(16(22)24)7-11-26-15/h7,11-12H,2-6,8-10H2,1H3,(H,19,25)(H,21,23). The summed E-state index contributed by atoms with van der Waals surface area (Å²) in [5.41, 5.74) is -0.952. The van der Waals surface area contributed by atoms with Gasteiger partial charge in [0.2, 0.25) is 11.8 Å². The van der Waals surface area contributed by atoms with Gasteiger partial charge in [0.05, 0.1) is 11.7 Å². The van der Waals surface area contributed by atoms with Crippen molar-refractivity contribution in [3.63, 3.8) is 0 Å². The first-order chi connectivity index (χ1) is 12.6. The molecule has 2 aromatic heterocycles. The van der Waals surface area contributed by atoms with Crippen molar-refractivity contribution in [2.45, 2.75) is 57.5 Å². The molecular formula is C18H24N4O3S. The lowest BCUT2D eigenvalue weighted by atomic mass is 9.80. The van der Waals surface area contributed by atoms with E-state index in [2.05, 4.69) is 15.6 Å². The molecule has 2 aromatic rings. The summed E-state index contributed by atoms with van der Waals surface area (Å²) in [5.74, 6) is -0.318. The monoisotopic (exact) mass is 376 g/mol. The van der Waals surface area contributed by atoms with E-state index in [0.29, 0.717) is 29.6 Å². The van der Waals surface area contributed by atoms with Crippen LogP contribution in [0.15, 0.2) is 22.6 Å². The maximum absolute atomic E-state index is 12.5. The molecule has 1 aliphatic carbocycles. The summed E-state index contributed by atoms with van der Waals surface area (Å²) in [7, 11) is 0. The Morgan fingerprint density at radius 2 is 2.08 bits per heavy atom. The highest BCUT2D eigenvalue weighted by Crippen LogP contribution is 2.28. The number of nitrogens with zero attached hydrogens (tertiary/aromatic N) is 2. The fourth-order valence-electron chi connectivity index (χ4n) is 3.50. The number of hydrogen-bond donors (Lipinski definition) is 2. The predicted octanol–water partition coefficient (Wildman–Crippen LogP) is 1.80. The van der Waals surface area contributed by atoms with Crippen LogP contribution in [0, 0.1) is 0 Å². The summed E-state index contributed by atoms with van der Waals surface area (Å²) >= 11 is 1.42. The first kappa shape index (κ1) is 18.6. The summed E-state index contributed by atoms with van der Waals surface area (Å²) in [6, 6.07) is 1.75. The molecule has 1 aliphatic rings. The van der Waals surface area contributed by atoms with Gasteiger partial charge < -0.3 is 10.6 Å². The van der Waals surface area contributed by atoms with Crippen LogP contribution in [0.4, 0.5) is 0 Å². The third-order valence-electron chi connectivity index (χ3n) is 4.89. The van der Waals surface area contributed by atoms with Crippen LogP contribution in [0.5, 0.6) is 0 Å². The van der Waals surface area contributed by atoms with E-state index in [1.807, 2.05) is 12.3 Å². The molecule has 0 bridgehead atoms. The zero-order valence-electron chi connectivity index (χ0n) is 14.9. The van der Waals surface area contributed by atoms with Gasteiger partial charge in [-0.2, -0.15) is 0 Å². The lowest BCUT2D eigenvalue weighted by Crippen LogP contribution is -2.59. The van der Waals surface area contributed by atoms with Gasteiger partial charge in [-0.3, -0.25) is 19.0 Å². The van der Waals surface area contributed by atoms with E-state index in [-0.39, 0.29) is 30.3 Å². The second kappa shape index (κ2) is 7.99. The lowest BCUT2D eigenvalue weighted by molar-refractivity contribution is -0.135. The molecule has 0 aromatic carbocycles. The number of carbonyl (C=O) groups excluding carboxylic acids is 2. The Bertz CT molecular complexity index is 851. The molecule has 1 saturated carbocycles. The molecule has 0 aliphatic heterocycles. The number of aromatic nitrogens is 2. The van der Waals surface area contributed by atoms with E-state index in [1.165, 1.54) is 22.2 Å². The number of amides is 2. The molecule has 0 spiro atoms. The van der Waals surface area contributed by atoms with Gasteiger partial charge in [-0.1, -0.05) is 19.3 Å². The largest absolute Gasteiger partial charge is 0.354 e. The van der Waals surface area contributed by atoms with E-state index < -0.39 is 5.54 Å². The number of likely N-dealkylation sites (N-methyl/N-ethyl adjacent to an activating group) is 1. The van der Waals surface area contributed by atoms with Crippen LogP contribution < -0.4 is 16.2 Å². The summed E-state index contributed by atoms with van der Waals surface area (Å²) in [5, 5.41) is 8.20.